The van der Waals surface area contributed by atoms with Gasteiger partial charge in [0.25, 0.3) is 11.8 Å². The summed E-state index contributed by atoms with van der Waals surface area (Å²) in [7, 11) is 0. The van der Waals surface area contributed by atoms with Gasteiger partial charge in [-0.05, 0) is 49.4 Å². The van der Waals surface area contributed by atoms with Gasteiger partial charge in [0.1, 0.15) is 11.8 Å². The van der Waals surface area contributed by atoms with Gasteiger partial charge in [-0.1, -0.05) is 6.07 Å². The van der Waals surface area contributed by atoms with Crippen LogP contribution in [0, 0.1) is 0 Å². The smallest absolute Gasteiger partial charge is 0.316 e. The van der Waals surface area contributed by atoms with E-state index in [1.807, 2.05) is 12.1 Å². The Morgan fingerprint density at radius 3 is 2.50 bits per heavy atom. The highest BCUT2D eigenvalue weighted by Gasteiger charge is 2.26. The van der Waals surface area contributed by atoms with E-state index in [4.69, 9.17) is 9.47 Å². The van der Waals surface area contributed by atoms with Crippen LogP contribution in [0.3, 0.4) is 0 Å². The van der Waals surface area contributed by atoms with E-state index in [-0.39, 0.29) is 30.1 Å². The maximum atomic E-state index is 13.5. The standard InChI is InChI=1S/C31H39N7O5S/c39-23-4-12-37(13-5-23)19-21-2-3-26(25(18-21)28(40)34-22-8-16-42-17-9-22)35-29(41)27-20-44-31(36-27)38-14-6-24(7-15-38)43-30-32-10-1-11-33-30/h1-3,10-11,18,20,22-24,39H,4-9,12-17,19H2,(H,34,40)(H,35,41). The Labute approximate surface area is 260 Å². The van der Waals surface area contributed by atoms with Crippen molar-refractivity contribution in [2.75, 3.05) is 49.6 Å². The van der Waals surface area contributed by atoms with Crippen LogP contribution in [-0.4, -0.2) is 94.4 Å². The topological polar surface area (TPSA) is 142 Å². The molecule has 0 saturated carbocycles. The molecule has 5 heterocycles. The molecule has 0 bridgehead atoms. The van der Waals surface area contributed by atoms with Crippen molar-refractivity contribution in [3.63, 3.8) is 0 Å². The first-order valence-corrected chi connectivity index (χ1v) is 16.3. The summed E-state index contributed by atoms with van der Waals surface area (Å²) in [6.07, 6.45) is 7.73. The second-order valence-electron chi connectivity index (χ2n) is 11.6. The van der Waals surface area contributed by atoms with Gasteiger partial charge in [0, 0.05) is 82.6 Å². The summed E-state index contributed by atoms with van der Waals surface area (Å²) in [6, 6.07) is 7.80. The molecule has 2 amide bonds. The molecule has 3 N–H and O–H groups in total. The van der Waals surface area contributed by atoms with Crippen LogP contribution in [0.15, 0.2) is 42.0 Å². The molecule has 13 heteroatoms. The predicted molar refractivity (Wildman–Crippen MR) is 166 cm³/mol. The van der Waals surface area contributed by atoms with Gasteiger partial charge >= 0.3 is 6.01 Å². The molecule has 3 aliphatic heterocycles. The minimum Gasteiger partial charge on any atom is -0.460 e. The summed E-state index contributed by atoms with van der Waals surface area (Å²) in [5.41, 5.74) is 2.18. The monoisotopic (exact) mass is 621 g/mol. The number of carbonyl (C=O) groups excluding carboxylic acids is 2. The third-order valence-electron chi connectivity index (χ3n) is 8.35. The zero-order valence-electron chi connectivity index (χ0n) is 24.7. The average Bonchev–Trinajstić information content (AvgIpc) is 3.55. The number of thiazole rings is 1. The van der Waals surface area contributed by atoms with Crippen LogP contribution in [0.2, 0.25) is 0 Å². The molecule has 3 fully saturated rings. The quantitative estimate of drug-likeness (QED) is 0.326. The molecule has 3 aliphatic rings. The maximum Gasteiger partial charge on any atom is 0.316 e. The Hall–Kier alpha value is -3.65. The van der Waals surface area contributed by atoms with Crippen molar-refractivity contribution in [1.29, 1.82) is 0 Å². The van der Waals surface area contributed by atoms with Crippen molar-refractivity contribution in [2.45, 2.75) is 63.3 Å². The third kappa shape index (κ3) is 7.89. The van der Waals surface area contributed by atoms with Crippen molar-refractivity contribution < 1.29 is 24.2 Å². The van der Waals surface area contributed by atoms with E-state index in [9.17, 15) is 14.7 Å². The van der Waals surface area contributed by atoms with Gasteiger partial charge in [0.15, 0.2) is 5.13 Å². The number of amides is 2. The second-order valence-corrected chi connectivity index (χ2v) is 12.4. The van der Waals surface area contributed by atoms with Crippen molar-refractivity contribution in [3.05, 3.63) is 58.9 Å². The highest BCUT2D eigenvalue weighted by molar-refractivity contribution is 7.14. The molecule has 0 spiro atoms. The highest BCUT2D eigenvalue weighted by Crippen LogP contribution is 2.27. The molecule has 12 nitrogen and oxygen atoms in total. The lowest BCUT2D eigenvalue weighted by Gasteiger charge is -2.31. The summed E-state index contributed by atoms with van der Waals surface area (Å²) < 4.78 is 11.3. The van der Waals surface area contributed by atoms with Gasteiger partial charge in [-0.25, -0.2) is 15.0 Å². The SMILES string of the molecule is O=C(Nc1ccc(CN2CCC(O)CC2)cc1C(=O)NC1CCOCC1)c1csc(N2CCC(Oc3ncccn3)CC2)n1. The van der Waals surface area contributed by atoms with Crippen molar-refractivity contribution >= 4 is 34.0 Å². The fraction of sp³-hybridized carbons (Fsp3) is 0.516. The molecular formula is C31H39N7O5S. The molecule has 1 aromatic carbocycles. The summed E-state index contributed by atoms with van der Waals surface area (Å²) in [4.78, 5) is 44.2. The minimum absolute atomic E-state index is 0.0305. The van der Waals surface area contributed by atoms with E-state index in [0.29, 0.717) is 42.7 Å². The van der Waals surface area contributed by atoms with E-state index >= 15 is 0 Å². The number of piperidine rings is 2. The average molecular weight is 622 g/mol. The van der Waals surface area contributed by atoms with E-state index in [0.717, 1.165) is 75.4 Å². The first-order chi connectivity index (χ1) is 21.5. The maximum absolute atomic E-state index is 13.5. The number of hydrogen-bond acceptors (Lipinski definition) is 11. The number of benzene rings is 1. The number of aliphatic hydroxyl groups is 1. The van der Waals surface area contributed by atoms with E-state index < -0.39 is 0 Å². The molecule has 234 valence electrons. The molecule has 6 rings (SSSR count). The van der Waals surface area contributed by atoms with Crippen molar-refractivity contribution in [1.82, 2.24) is 25.2 Å². The van der Waals surface area contributed by atoms with Crippen molar-refractivity contribution in [2.24, 2.45) is 0 Å². The van der Waals surface area contributed by atoms with E-state index in [1.165, 1.54) is 11.3 Å². The van der Waals surface area contributed by atoms with Gasteiger partial charge < -0.3 is 30.1 Å². The molecule has 0 radical (unpaired) electrons. The fourth-order valence-electron chi connectivity index (χ4n) is 5.79. The Kier molecular flexibility index (Phi) is 9.96. The van der Waals surface area contributed by atoms with Crippen LogP contribution < -0.4 is 20.3 Å². The number of carbonyl (C=O) groups is 2. The molecule has 0 unspecified atom stereocenters. The van der Waals surface area contributed by atoms with Crippen LogP contribution >= 0.6 is 11.3 Å². The largest absolute Gasteiger partial charge is 0.460 e. The number of hydrogen-bond donors (Lipinski definition) is 3. The molecule has 0 aliphatic carbocycles. The van der Waals surface area contributed by atoms with Crippen LogP contribution in [0.1, 0.15) is 64.9 Å². The summed E-state index contributed by atoms with van der Waals surface area (Å²) in [5.74, 6) is -0.571. The number of rotatable bonds is 9. The van der Waals surface area contributed by atoms with E-state index in [2.05, 4.69) is 35.4 Å². The van der Waals surface area contributed by atoms with Gasteiger partial charge in [0.2, 0.25) is 0 Å². The van der Waals surface area contributed by atoms with Gasteiger partial charge in [-0.15, -0.1) is 11.3 Å². The highest BCUT2D eigenvalue weighted by atomic mass is 32.1. The Morgan fingerprint density at radius 1 is 1.00 bits per heavy atom. The Balaban J connectivity index is 1.11. The van der Waals surface area contributed by atoms with Gasteiger partial charge in [-0.2, -0.15) is 0 Å². The molecule has 44 heavy (non-hydrogen) atoms. The third-order valence-corrected chi connectivity index (χ3v) is 9.25. The molecule has 3 saturated heterocycles. The lowest BCUT2D eigenvalue weighted by Crippen LogP contribution is -2.39. The molecular weight excluding hydrogens is 582 g/mol. The lowest BCUT2D eigenvalue weighted by atomic mass is 10.0. The Morgan fingerprint density at radius 2 is 1.75 bits per heavy atom. The summed E-state index contributed by atoms with van der Waals surface area (Å²) in [6.45, 7) is 5.03. The second kappa shape index (κ2) is 14.4. The minimum atomic E-state index is -0.357. The summed E-state index contributed by atoms with van der Waals surface area (Å²) in [5, 5.41) is 18.5. The zero-order chi connectivity index (χ0) is 30.3. The molecule has 3 aromatic rings. The number of aliphatic hydroxyl groups excluding tert-OH is 1. The van der Waals surface area contributed by atoms with Crippen LogP contribution in [0.4, 0.5) is 10.8 Å². The van der Waals surface area contributed by atoms with Gasteiger partial charge in [0.05, 0.1) is 17.4 Å². The number of aromatic nitrogens is 3. The van der Waals surface area contributed by atoms with Crippen LogP contribution in [-0.2, 0) is 11.3 Å². The first kappa shape index (κ1) is 30.4. The number of nitrogens with zero attached hydrogens (tertiary/aromatic N) is 5. The fourth-order valence-corrected chi connectivity index (χ4v) is 6.65. The number of nitrogens with one attached hydrogen (secondary N) is 2. The molecule has 0 atom stereocenters. The Bertz CT molecular complexity index is 1400. The number of ether oxygens (including phenoxy) is 2. The predicted octanol–water partition coefficient (Wildman–Crippen LogP) is 3.10. The normalized spacial score (nSPS) is 19.1. The summed E-state index contributed by atoms with van der Waals surface area (Å²) >= 11 is 1.43. The van der Waals surface area contributed by atoms with Crippen LogP contribution in [0.25, 0.3) is 0 Å². The molecule has 2 aromatic heterocycles. The van der Waals surface area contributed by atoms with Gasteiger partial charge in [-0.3, -0.25) is 14.5 Å². The first-order valence-electron chi connectivity index (χ1n) is 15.4. The van der Waals surface area contributed by atoms with E-state index in [1.54, 1.807) is 29.9 Å². The van der Waals surface area contributed by atoms with Crippen LogP contribution in [0.5, 0.6) is 6.01 Å². The number of likely N-dealkylation sites (tertiary alicyclic amines) is 1. The number of anilines is 2. The van der Waals surface area contributed by atoms with Crippen molar-refractivity contribution in [3.8, 4) is 6.01 Å². The lowest BCUT2D eigenvalue weighted by molar-refractivity contribution is 0.0696. The zero-order valence-corrected chi connectivity index (χ0v) is 25.5.